The lowest BCUT2D eigenvalue weighted by Crippen LogP contribution is -2.28. The first-order chi connectivity index (χ1) is 9.93. The summed E-state index contributed by atoms with van der Waals surface area (Å²) in [5.41, 5.74) is 2.88. The maximum absolute atomic E-state index is 5.42. The third kappa shape index (κ3) is 3.53. The SMILES string of the molecule is c1ccc(N2CCCC2)c(CNCC2CCOCC2)c1. The predicted molar refractivity (Wildman–Crippen MR) is 83.1 cm³/mol. The summed E-state index contributed by atoms with van der Waals surface area (Å²) in [6.45, 7) is 6.43. The lowest BCUT2D eigenvalue weighted by atomic mass is 10.0. The molecule has 2 saturated heterocycles. The summed E-state index contributed by atoms with van der Waals surface area (Å²) >= 11 is 0. The van der Waals surface area contributed by atoms with Crippen LogP contribution in [0.4, 0.5) is 5.69 Å². The van der Waals surface area contributed by atoms with Crippen LogP contribution in [0.15, 0.2) is 24.3 Å². The number of hydrogen-bond donors (Lipinski definition) is 1. The van der Waals surface area contributed by atoms with Gasteiger partial charge in [0.15, 0.2) is 0 Å². The number of para-hydroxylation sites is 1. The fraction of sp³-hybridized carbons (Fsp3) is 0.647. The van der Waals surface area contributed by atoms with Crippen molar-refractivity contribution < 1.29 is 4.74 Å². The van der Waals surface area contributed by atoms with Crippen molar-refractivity contribution in [2.24, 2.45) is 5.92 Å². The number of nitrogens with zero attached hydrogens (tertiary/aromatic N) is 1. The van der Waals surface area contributed by atoms with Gasteiger partial charge in [0.2, 0.25) is 0 Å². The number of nitrogens with one attached hydrogen (secondary N) is 1. The largest absolute Gasteiger partial charge is 0.381 e. The van der Waals surface area contributed by atoms with Crippen molar-refractivity contribution in [2.75, 3.05) is 37.7 Å². The van der Waals surface area contributed by atoms with Gasteiger partial charge in [-0.15, -0.1) is 0 Å². The Balaban J connectivity index is 1.53. The molecule has 0 bridgehead atoms. The Morgan fingerprint density at radius 1 is 1.10 bits per heavy atom. The molecule has 0 atom stereocenters. The molecule has 2 fully saturated rings. The lowest BCUT2D eigenvalue weighted by Gasteiger charge is -2.24. The molecule has 1 N–H and O–H groups in total. The van der Waals surface area contributed by atoms with Crippen LogP contribution in [0.1, 0.15) is 31.2 Å². The van der Waals surface area contributed by atoms with Crippen LogP contribution in [0.25, 0.3) is 0 Å². The van der Waals surface area contributed by atoms with Crippen LogP contribution in [0.5, 0.6) is 0 Å². The summed E-state index contributed by atoms with van der Waals surface area (Å²) in [5, 5.41) is 3.65. The van der Waals surface area contributed by atoms with Gasteiger partial charge in [0.1, 0.15) is 0 Å². The number of rotatable bonds is 5. The highest BCUT2D eigenvalue weighted by Crippen LogP contribution is 2.24. The van der Waals surface area contributed by atoms with E-state index >= 15 is 0 Å². The van der Waals surface area contributed by atoms with E-state index in [9.17, 15) is 0 Å². The minimum Gasteiger partial charge on any atom is -0.381 e. The van der Waals surface area contributed by atoms with Crippen LogP contribution in [0, 0.1) is 5.92 Å². The van der Waals surface area contributed by atoms with E-state index in [1.165, 1.54) is 50.0 Å². The Bertz CT molecular complexity index is 409. The zero-order chi connectivity index (χ0) is 13.6. The molecule has 2 heterocycles. The highest BCUT2D eigenvalue weighted by atomic mass is 16.5. The standard InChI is InChI=1S/C17H26N2O/c1-2-6-17(19-9-3-4-10-19)16(5-1)14-18-13-15-7-11-20-12-8-15/h1-2,5-6,15,18H,3-4,7-14H2. The average molecular weight is 274 g/mol. The van der Waals surface area contributed by atoms with Crippen LogP contribution in [0.3, 0.4) is 0 Å². The Hall–Kier alpha value is -1.06. The molecule has 1 aromatic carbocycles. The summed E-state index contributed by atoms with van der Waals surface area (Å²) in [5.74, 6) is 0.794. The van der Waals surface area contributed by atoms with Gasteiger partial charge in [-0.1, -0.05) is 18.2 Å². The molecule has 0 amide bonds. The first kappa shape index (κ1) is 13.9. The normalized spacial score (nSPS) is 20.5. The highest BCUT2D eigenvalue weighted by molar-refractivity contribution is 5.54. The Morgan fingerprint density at radius 2 is 1.85 bits per heavy atom. The molecule has 0 aromatic heterocycles. The van der Waals surface area contributed by atoms with Gasteiger partial charge in [0.05, 0.1) is 0 Å². The van der Waals surface area contributed by atoms with Crippen LogP contribution in [-0.4, -0.2) is 32.8 Å². The van der Waals surface area contributed by atoms with Crippen molar-refractivity contribution in [3.8, 4) is 0 Å². The van der Waals surface area contributed by atoms with Crippen molar-refractivity contribution in [1.29, 1.82) is 0 Å². The first-order valence-electron chi connectivity index (χ1n) is 8.05. The van der Waals surface area contributed by atoms with Crippen LogP contribution in [0.2, 0.25) is 0 Å². The second kappa shape index (κ2) is 7.09. The topological polar surface area (TPSA) is 24.5 Å². The zero-order valence-corrected chi connectivity index (χ0v) is 12.3. The molecular weight excluding hydrogens is 248 g/mol. The molecule has 0 unspecified atom stereocenters. The third-order valence-electron chi connectivity index (χ3n) is 4.53. The molecule has 2 aliphatic rings. The van der Waals surface area contributed by atoms with E-state index < -0.39 is 0 Å². The first-order valence-corrected chi connectivity index (χ1v) is 8.05. The Morgan fingerprint density at radius 3 is 2.65 bits per heavy atom. The predicted octanol–water partition coefficient (Wildman–Crippen LogP) is 2.80. The van der Waals surface area contributed by atoms with Crippen LogP contribution < -0.4 is 10.2 Å². The molecule has 110 valence electrons. The van der Waals surface area contributed by atoms with Crippen LogP contribution >= 0.6 is 0 Å². The van der Waals surface area contributed by atoms with E-state index in [1.54, 1.807) is 0 Å². The molecule has 3 nitrogen and oxygen atoms in total. The maximum atomic E-state index is 5.42. The summed E-state index contributed by atoms with van der Waals surface area (Å²) < 4.78 is 5.42. The maximum Gasteiger partial charge on any atom is 0.0469 e. The number of ether oxygens (including phenoxy) is 1. The molecule has 0 radical (unpaired) electrons. The van der Waals surface area contributed by atoms with Crippen molar-refractivity contribution in [2.45, 2.75) is 32.2 Å². The molecule has 3 heteroatoms. The quantitative estimate of drug-likeness (QED) is 0.893. The van der Waals surface area contributed by atoms with E-state index in [-0.39, 0.29) is 0 Å². The fourth-order valence-corrected chi connectivity index (χ4v) is 3.29. The van der Waals surface area contributed by atoms with E-state index in [2.05, 4.69) is 34.5 Å². The molecule has 20 heavy (non-hydrogen) atoms. The van der Waals surface area contributed by atoms with E-state index in [0.717, 1.165) is 32.2 Å². The fourth-order valence-electron chi connectivity index (χ4n) is 3.29. The minimum atomic E-state index is 0.794. The van der Waals surface area contributed by atoms with E-state index in [0.29, 0.717) is 0 Å². The van der Waals surface area contributed by atoms with Gasteiger partial charge in [-0.3, -0.25) is 0 Å². The smallest absolute Gasteiger partial charge is 0.0469 e. The zero-order valence-electron chi connectivity index (χ0n) is 12.3. The second-order valence-corrected chi connectivity index (χ2v) is 6.01. The molecular formula is C17H26N2O. The number of hydrogen-bond acceptors (Lipinski definition) is 3. The van der Waals surface area contributed by atoms with Gasteiger partial charge in [0, 0.05) is 38.5 Å². The molecule has 0 saturated carbocycles. The monoisotopic (exact) mass is 274 g/mol. The van der Waals surface area contributed by atoms with E-state index in [1.807, 2.05) is 0 Å². The van der Waals surface area contributed by atoms with Crippen molar-refractivity contribution in [3.63, 3.8) is 0 Å². The molecule has 2 aliphatic heterocycles. The molecule has 3 rings (SSSR count). The summed E-state index contributed by atoms with van der Waals surface area (Å²) in [4.78, 5) is 2.53. The minimum absolute atomic E-state index is 0.794. The Kier molecular flexibility index (Phi) is 4.93. The summed E-state index contributed by atoms with van der Waals surface area (Å²) in [6, 6.07) is 8.86. The van der Waals surface area contributed by atoms with Gasteiger partial charge in [-0.2, -0.15) is 0 Å². The summed E-state index contributed by atoms with van der Waals surface area (Å²) in [6.07, 6.45) is 5.09. The third-order valence-corrected chi connectivity index (χ3v) is 4.53. The molecule has 1 aromatic rings. The molecule has 0 aliphatic carbocycles. The Labute approximate surface area is 122 Å². The van der Waals surface area contributed by atoms with Gasteiger partial charge >= 0.3 is 0 Å². The van der Waals surface area contributed by atoms with Crippen molar-refractivity contribution >= 4 is 5.69 Å². The van der Waals surface area contributed by atoms with Crippen LogP contribution in [-0.2, 0) is 11.3 Å². The van der Waals surface area contributed by atoms with Gasteiger partial charge in [-0.05, 0) is 49.8 Å². The van der Waals surface area contributed by atoms with Crippen molar-refractivity contribution in [3.05, 3.63) is 29.8 Å². The highest BCUT2D eigenvalue weighted by Gasteiger charge is 2.16. The lowest BCUT2D eigenvalue weighted by molar-refractivity contribution is 0.0662. The molecule has 0 spiro atoms. The number of anilines is 1. The average Bonchev–Trinajstić information content (AvgIpc) is 3.03. The van der Waals surface area contributed by atoms with Gasteiger partial charge in [-0.25, -0.2) is 0 Å². The van der Waals surface area contributed by atoms with E-state index in [4.69, 9.17) is 4.74 Å². The van der Waals surface area contributed by atoms with Crippen molar-refractivity contribution in [1.82, 2.24) is 5.32 Å². The number of benzene rings is 1. The second-order valence-electron chi connectivity index (χ2n) is 6.01. The van der Waals surface area contributed by atoms with Gasteiger partial charge in [0.25, 0.3) is 0 Å². The summed E-state index contributed by atoms with van der Waals surface area (Å²) in [7, 11) is 0. The van der Waals surface area contributed by atoms with Gasteiger partial charge < -0.3 is 15.0 Å².